The van der Waals surface area contributed by atoms with Gasteiger partial charge in [0, 0.05) is 24.0 Å². The minimum Gasteiger partial charge on any atom is -0.334 e. The van der Waals surface area contributed by atoms with E-state index < -0.39 is 0 Å². The molecule has 2 amide bonds. The van der Waals surface area contributed by atoms with Crippen LogP contribution >= 0.6 is 22.9 Å². The van der Waals surface area contributed by atoms with E-state index in [4.69, 9.17) is 11.6 Å². The van der Waals surface area contributed by atoms with Crippen LogP contribution in [-0.4, -0.2) is 48.6 Å². The van der Waals surface area contributed by atoms with Gasteiger partial charge in [0.1, 0.15) is 0 Å². The zero-order valence-electron chi connectivity index (χ0n) is 12.3. The Hall–Kier alpha value is -1.04. The molecule has 0 spiro atoms. The second-order valence-corrected chi connectivity index (χ2v) is 7.23. The molecule has 6 heteroatoms. The van der Waals surface area contributed by atoms with Crippen LogP contribution in [0.5, 0.6) is 0 Å². The van der Waals surface area contributed by atoms with Crippen LogP contribution < -0.4 is 5.32 Å². The van der Waals surface area contributed by atoms with E-state index in [1.807, 2.05) is 12.1 Å². The van der Waals surface area contributed by atoms with Crippen LogP contribution in [0.25, 0.3) is 0 Å². The number of rotatable bonds is 5. The molecule has 1 N–H and O–H groups in total. The fraction of sp³-hybridized carbons (Fsp3) is 0.533. The maximum atomic E-state index is 12.4. The highest BCUT2D eigenvalue weighted by Crippen LogP contribution is 2.22. The third kappa shape index (κ3) is 5.02. The lowest BCUT2D eigenvalue weighted by Gasteiger charge is -2.32. The number of halogens is 1. The van der Waals surface area contributed by atoms with E-state index in [9.17, 15) is 4.79 Å². The highest BCUT2D eigenvalue weighted by molar-refractivity contribution is 7.16. The van der Waals surface area contributed by atoms with E-state index in [1.165, 1.54) is 11.3 Å². The van der Waals surface area contributed by atoms with Crippen LogP contribution in [-0.2, 0) is 6.54 Å². The summed E-state index contributed by atoms with van der Waals surface area (Å²) < 4.78 is 0.748. The summed E-state index contributed by atoms with van der Waals surface area (Å²) in [5, 5.41) is 3.13. The first-order valence-electron chi connectivity index (χ1n) is 7.17. The molecule has 2 heterocycles. The predicted octanol–water partition coefficient (Wildman–Crippen LogP) is 3.19. The molecule has 1 aliphatic heterocycles. The van der Waals surface area contributed by atoms with Crippen LogP contribution in [0.15, 0.2) is 24.8 Å². The van der Waals surface area contributed by atoms with Gasteiger partial charge in [0.15, 0.2) is 0 Å². The number of likely N-dealkylation sites (N-methyl/N-ethyl adjacent to an activating group) is 1. The van der Waals surface area contributed by atoms with Crippen molar-refractivity contribution >= 4 is 29.0 Å². The maximum Gasteiger partial charge on any atom is 0.318 e. The first kappa shape index (κ1) is 16.3. The van der Waals surface area contributed by atoms with E-state index in [2.05, 4.69) is 23.8 Å². The number of carbonyl (C=O) groups is 1. The summed E-state index contributed by atoms with van der Waals surface area (Å²) in [7, 11) is 2.09. The fourth-order valence-electron chi connectivity index (χ4n) is 2.55. The molecule has 1 fully saturated rings. The van der Waals surface area contributed by atoms with Crippen molar-refractivity contribution in [1.82, 2.24) is 15.1 Å². The molecule has 1 saturated heterocycles. The van der Waals surface area contributed by atoms with Crippen LogP contribution in [0, 0.1) is 0 Å². The molecule has 0 radical (unpaired) electrons. The van der Waals surface area contributed by atoms with Gasteiger partial charge in [0.2, 0.25) is 0 Å². The van der Waals surface area contributed by atoms with Crippen molar-refractivity contribution in [2.45, 2.75) is 25.4 Å². The third-order valence-corrected chi connectivity index (χ3v) is 4.78. The Morgan fingerprint density at radius 3 is 3.10 bits per heavy atom. The van der Waals surface area contributed by atoms with Crippen molar-refractivity contribution in [1.29, 1.82) is 0 Å². The lowest BCUT2D eigenvalue weighted by molar-refractivity contribution is 0.180. The lowest BCUT2D eigenvalue weighted by atomic mass is 10.1. The van der Waals surface area contributed by atoms with Crippen molar-refractivity contribution in [2.75, 3.05) is 26.7 Å². The van der Waals surface area contributed by atoms with Gasteiger partial charge in [-0.25, -0.2) is 4.79 Å². The minimum atomic E-state index is -0.0280. The van der Waals surface area contributed by atoms with Gasteiger partial charge in [-0.3, -0.25) is 0 Å². The standard InChI is InChI=1S/C15H22ClN3OS/c1-3-8-19(11-13-6-7-14(16)21-13)15(20)17-12-5-4-9-18(2)10-12/h3,6-7,12H,1,4-5,8-11H2,2H3,(H,17,20). The molecular formula is C15H22ClN3OS. The Morgan fingerprint density at radius 1 is 1.67 bits per heavy atom. The Kier molecular flexibility index (Phi) is 6.08. The van der Waals surface area contributed by atoms with Crippen molar-refractivity contribution in [3.63, 3.8) is 0 Å². The molecule has 116 valence electrons. The van der Waals surface area contributed by atoms with E-state index in [1.54, 1.807) is 11.0 Å². The van der Waals surface area contributed by atoms with Crippen LogP contribution in [0.1, 0.15) is 17.7 Å². The number of hydrogen-bond acceptors (Lipinski definition) is 3. The number of nitrogens with one attached hydrogen (secondary N) is 1. The Labute approximate surface area is 135 Å². The molecule has 2 rings (SSSR count). The van der Waals surface area contributed by atoms with Gasteiger partial charge in [0.25, 0.3) is 0 Å². The molecule has 1 aliphatic rings. The second kappa shape index (κ2) is 7.82. The number of nitrogens with zero attached hydrogens (tertiary/aromatic N) is 2. The minimum absolute atomic E-state index is 0.0280. The molecule has 1 aromatic heterocycles. The number of piperidine rings is 1. The average molecular weight is 328 g/mol. The highest BCUT2D eigenvalue weighted by Gasteiger charge is 2.21. The monoisotopic (exact) mass is 327 g/mol. The van der Waals surface area contributed by atoms with E-state index in [0.29, 0.717) is 13.1 Å². The summed E-state index contributed by atoms with van der Waals surface area (Å²) in [6, 6.07) is 4.03. The number of hydrogen-bond donors (Lipinski definition) is 1. The number of thiophene rings is 1. The molecule has 1 unspecified atom stereocenters. The maximum absolute atomic E-state index is 12.4. The third-order valence-electron chi connectivity index (χ3n) is 3.56. The summed E-state index contributed by atoms with van der Waals surface area (Å²) >= 11 is 7.45. The largest absolute Gasteiger partial charge is 0.334 e. The number of urea groups is 1. The number of likely N-dealkylation sites (tertiary alicyclic amines) is 1. The summed E-state index contributed by atoms with van der Waals surface area (Å²) in [5.41, 5.74) is 0. The van der Waals surface area contributed by atoms with E-state index in [0.717, 1.165) is 35.1 Å². The summed E-state index contributed by atoms with van der Waals surface area (Å²) in [4.78, 5) is 17.5. The van der Waals surface area contributed by atoms with Crippen molar-refractivity contribution in [2.24, 2.45) is 0 Å². The molecule has 1 aromatic rings. The molecular weight excluding hydrogens is 306 g/mol. The zero-order valence-corrected chi connectivity index (χ0v) is 13.9. The molecule has 0 aliphatic carbocycles. The first-order chi connectivity index (χ1) is 10.1. The van der Waals surface area contributed by atoms with Gasteiger partial charge in [0.05, 0.1) is 10.9 Å². The fourth-order valence-corrected chi connectivity index (χ4v) is 3.65. The molecule has 21 heavy (non-hydrogen) atoms. The smallest absolute Gasteiger partial charge is 0.318 e. The van der Waals surface area contributed by atoms with Gasteiger partial charge in [-0.1, -0.05) is 17.7 Å². The second-order valence-electron chi connectivity index (χ2n) is 5.43. The molecule has 0 bridgehead atoms. The molecule has 0 saturated carbocycles. The quantitative estimate of drug-likeness (QED) is 0.843. The summed E-state index contributed by atoms with van der Waals surface area (Å²) in [6.07, 6.45) is 3.92. The van der Waals surface area contributed by atoms with Crippen LogP contribution in [0.3, 0.4) is 0 Å². The van der Waals surface area contributed by atoms with Crippen molar-refractivity contribution < 1.29 is 4.79 Å². The highest BCUT2D eigenvalue weighted by atomic mass is 35.5. The van der Waals surface area contributed by atoms with Crippen molar-refractivity contribution in [3.05, 3.63) is 34.0 Å². The normalized spacial score (nSPS) is 19.2. The van der Waals surface area contributed by atoms with Crippen LogP contribution in [0.2, 0.25) is 4.34 Å². The Balaban J connectivity index is 1.93. The lowest BCUT2D eigenvalue weighted by Crippen LogP contribution is -2.50. The number of carbonyl (C=O) groups excluding carboxylic acids is 1. The van der Waals surface area contributed by atoms with Gasteiger partial charge in [-0.15, -0.1) is 17.9 Å². The van der Waals surface area contributed by atoms with E-state index in [-0.39, 0.29) is 12.1 Å². The zero-order chi connectivity index (χ0) is 15.2. The van der Waals surface area contributed by atoms with Gasteiger partial charge < -0.3 is 15.1 Å². The number of amides is 2. The van der Waals surface area contributed by atoms with Gasteiger partial charge >= 0.3 is 6.03 Å². The Morgan fingerprint density at radius 2 is 2.48 bits per heavy atom. The average Bonchev–Trinajstić information content (AvgIpc) is 2.84. The van der Waals surface area contributed by atoms with E-state index >= 15 is 0 Å². The van der Waals surface area contributed by atoms with Gasteiger partial charge in [-0.05, 0) is 38.6 Å². The Bertz CT molecular complexity index is 491. The van der Waals surface area contributed by atoms with Crippen LogP contribution in [0.4, 0.5) is 4.79 Å². The summed E-state index contributed by atoms with van der Waals surface area (Å²) in [5.74, 6) is 0. The molecule has 1 atom stereocenters. The SMILES string of the molecule is C=CCN(Cc1ccc(Cl)s1)C(=O)NC1CCCN(C)C1. The summed E-state index contributed by atoms with van der Waals surface area (Å²) in [6.45, 7) is 6.86. The predicted molar refractivity (Wildman–Crippen MR) is 89.0 cm³/mol. The molecule has 0 aromatic carbocycles. The first-order valence-corrected chi connectivity index (χ1v) is 8.37. The topological polar surface area (TPSA) is 35.6 Å². The van der Waals surface area contributed by atoms with Crippen molar-refractivity contribution in [3.8, 4) is 0 Å². The molecule has 4 nitrogen and oxygen atoms in total. The van der Waals surface area contributed by atoms with Gasteiger partial charge in [-0.2, -0.15) is 0 Å².